The summed E-state index contributed by atoms with van der Waals surface area (Å²) in [6, 6.07) is 26.1. The van der Waals surface area contributed by atoms with Crippen LogP contribution in [0.1, 0.15) is 80.2 Å². The maximum atomic E-state index is 9.31. The van der Waals surface area contributed by atoms with Gasteiger partial charge in [-0.1, -0.05) is 34.6 Å². The average molecular weight is 1060 g/mol. The van der Waals surface area contributed by atoms with Crippen molar-refractivity contribution in [2.75, 3.05) is 4.81 Å². The van der Waals surface area contributed by atoms with Gasteiger partial charge in [0.15, 0.2) is 0 Å². The van der Waals surface area contributed by atoms with Gasteiger partial charge in [0.2, 0.25) is 0 Å². The Kier molecular flexibility index (Phi) is 8.54. The third-order valence-corrected chi connectivity index (χ3v) is 13.1. The van der Waals surface area contributed by atoms with Gasteiger partial charge in [0.05, 0.1) is 0 Å². The molecule has 0 unspecified atom stereocenters. The van der Waals surface area contributed by atoms with Gasteiger partial charge in [0.1, 0.15) is 0 Å². The summed E-state index contributed by atoms with van der Waals surface area (Å²) >= 11 is 2.20. The number of imidazole rings is 1. The van der Waals surface area contributed by atoms with E-state index >= 15 is 0 Å². The number of fused-ring (bicyclic) bond motifs is 4. The van der Waals surface area contributed by atoms with E-state index in [1.54, 1.807) is 12.1 Å². The molecule has 0 bridgehead atoms. The summed E-state index contributed by atoms with van der Waals surface area (Å²) < 4.78 is 103. The molecule has 0 atom stereocenters. The van der Waals surface area contributed by atoms with E-state index in [0.29, 0.717) is 43.5 Å². The van der Waals surface area contributed by atoms with E-state index in [1.807, 2.05) is 103 Å². The molecule has 66 heavy (non-hydrogen) atoms. The van der Waals surface area contributed by atoms with Gasteiger partial charge in [-0.3, -0.25) is 0 Å². The number of para-hydroxylation sites is 2. The zero-order valence-corrected chi connectivity index (χ0v) is 40.4. The molecule has 0 aliphatic carbocycles. The van der Waals surface area contributed by atoms with Crippen LogP contribution in [-0.4, -0.2) is 30.8 Å². The van der Waals surface area contributed by atoms with E-state index in [1.165, 1.54) is 0 Å². The number of aromatic nitrogens is 5. The van der Waals surface area contributed by atoms with Gasteiger partial charge >= 0.3 is 341 Å². The first-order valence-corrected chi connectivity index (χ1v) is 23.3. The van der Waals surface area contributed by atoms with E-state index in [2.05, 4.69) is 87.6 Å². The number of benzene rings is 6. The van der Waals surface area contributed by atoms with Gasteiger partial charge in [-0.2, -0.15) is 5.10 Å². The summed E-state index contributed by atoms with van der Waals surface area (Å²) in [5.74, 6) is 2.27. The Labute approximate surface area is 414 Å². The third kappa shape index (κ3) is 8.00. The number of pyridine rings is 1. The average Bonchev–Trinajstić information content (AvgIpc) is 4.08. The Balaban J connectivity index is 1.19. The number of anilines is 2. The SMILES string of the molecule is [2H]c1c([2H])c([2H])c(-c2cc(C(C)(C)C)cc(-c3c([2H])c([2H])c([2H])c([2H])c3[2H])c2-n2[c](=[Pt])n(-c3cccc(Oc4ccc5c(c4)N(c4cc(C(C)(C)C)ccn4)B(CC(C)C)n4nccc4-5)c3)c3ccccc32)c([2H])c1[2H]. The van der Waals surface area contributed by atoms with Gasteiger partial charge in [-0.15, -0.1) is 0 Å². The van der Waals surface area contributed by atoms with Crippen LogP contribution in [-0.2, 0) is 30.2 Å². The second kappa shape index (κ2) is 17.1. The number of hydrogen-bond donors (Lipinski definition) is 0. The molecule has 0 amide bonds. The maximum absolute atomic E-state index is 9.31. The molecular formula is C57H55BN6OPt. The topological polar surface area (TPSA) is 53.0 Å². The summed E-state index contributed by atoms with van der Waals surface area (Å²) in [4.78, 5) is 7.23. The summed E-state index contributed by atoms with van der Waals surface area (Å²) in [5.41, 5.74) is 6.50. The van der Waals surface area contributed by atoms with E-state index < -0.39 is 65.8 Å². The molecule has 0 saturated heterocycles. The molecule has 6 aromatic carbocycles. The van der Waals surface area contributed by atoms with Crippen LogP contribution in [0.25, 0.3) is 55.9 Å². The molecule has 0 N–H and O–H groups in total. The fourth-order valence-corrected chi connectivity index (χ4v) is 9.89. The molecule has 0 spiro atoms. The van der Waals surface area contributed by atoms with Crippen LogP contribution in [0.5, 0.6) is 11.5 Å². The molecule has 0 fully saturated rings. The second-order valence-electron chi connectivity index (χ2n) is 19.1. The van der Waals surface area contributed by atoms with Crippen molar-refractivity contribution < 1.29 is 37.8 Å². The standard InChI is InChI=1S/C57H55BN6O.Pt/c1-39(2)37-58-63(54-34-42(28-30-59-54)56(3,4)5)53-36-46(26-27-47(53)50-29-31-60-64(50)58)65-45-23-17-22-44(35-45)61-38-62(52-25-16-15-24-51(52)61)55-48(40-18-11-9-12-19-40)32-43(57(6,7)8)33-49(55)41-20-13-10-14-21-41;/h9-36,39H,37H2,1-8H3;/i9D,10D,11D,12D,13D,14D,18D,19D,20D,21D;. The first-order chi connectivity index (χ1) is 35.9. The number of hydrogen-bond acceptors (Lipinski definition) is 4. The molecule has 10 rings (SSSR count). The van der Waals surface area contributed by atoms with E-state index in [0.717, 1.165) is 34.6 Å². The minimum atomic E-state index is -0.627. The van der Waals surface area contributed by atoms with Gasteiger partial charge < -0.3 is 0 Å². The van der Waals surface area contributed by atoms with E-state index in [9.17, 15) is 5.48 Å². The Morgan fingerprint density at radius 3 is 1.92 bits per heavy atom. The van der Waals surface area contributed by atoms with Crippen LogP contribution >= 0.6 is 0 Å². The quantitative estimate of drug-likeness (QED) is 0.135. The fraction of sp³-hybridized carbons (Fsp3) is 0.211. The number of ether oxygens (including phenoxy) is 1. The predicted octanol–water partition coefficient (Wildman–Crippen LogP) is 14.6. The first kappa shape index (κ1) is 33.0. The molecular weight excluding hydrogens is 991 g/mol. The Morgan fingerprint density at radius 2 is 1.29 bits per heavy atom. The van der Waals surface area contributed by atoms with Crippen molar-refractivity contribution in [1.29, 1.82) is 0 Å². The van der Waals surface area contributed by atoms with Gasteiger partial charge in [0.25, 0.3) is 0 Å². The van der Waals surface area contributed by atoms with Crippen LogP contribution in [0.15, 0.2) is 170 Å². The Hall–Kier alpha value is -6.50. The number of nitrogens with zero attached hydrogens (tertiary/aromatic N) is 6. The zero-order valence-electron chi connectivity index (χ0n) is 48.2. The Bertz CT molecular complexity index is 3760. The molecule has 1 aliphatic rings. The summed E-state index contributed by atoms with van der Waals surface area (Å²) in [6.45, 7) is 16.7. The normalized spacial score (nSPS) is 14.9. The van der Waals surface area contributed by atoms with Gasteiger partial charge in [0, 0.05) is 12.4 Å². The van der Waals surface area contributed by atoms with Crippen molar-refractivity contribution in [2.24, 2.45) is 5.92 Å². The molecule has 9 aromatic rings. The van der Waals surface area contributed by atoms with Crippen molar-refractivity contribution >= 4 is 29.5 Å². The molecule has 1 aliphatic heterocycles. The zero-order chi connectivity index (χ0) is 54.6. The summed E-state index contributed by atoms with van der Waals surface area (Å²) in [5, 5.41) is 4.84. The predicted molar refractivity (Wildman–Crippen MR) is 269 cm³/mol. The Morgan fingerprint density at radius 1 is 0.652 bits per heavy atom. The summed E-state index contributed by atoms with van der Waals surface area (Å²) in [7, 11) is 0. The van der Waals surface area contributed by atoms with Crippen molar-refractivity contribution in [3.05, 3.63) is 185 Å². The van der Waals surface area contributed by atoms with E-state index in [-0.39, 0.29) is 40.3 Å². The van der Waals surface area contributed by atoms with Crippen LogP contribution in [0, 0.1) is 9.72 Å². The summed E-state index contributed by atoms with van der Waals surface area (Å²) in [6.07, 6.45) is 4.52. The molecule has 9 heteroatoms. The van der Waals surface area contributed by atoms with Crippen LogP contribution in [0.2, 0.25) is 6.32 Å². The number of rotatable bonds is 9. The van der Waals surface area contributed by atoms with Crippen LogP contribution in [0.3, 0.4) is 0 Å². The van der Waals surface area contributed by atoms with E-state index in [4.69, 9.17) is 23.0 Å². The van der Waals surface area contributed by atoms with Crippen molar-refractivity contribution in [2.45, 2.75) is 72.5 Å². The van der Waals surface area contributed by atoms with Crippen LogP contribution < -0.4 is 9.55 Å². The van der Waals surface area contributed by atoms with Crippen molar-refractivity contribution in [1.82, 2.24) is 23.8 Å². The molecule has 3 aromatic heterocycles. The fourth-order valence-electron chi connectivity index (χ4n) is 8.80. The molecule has 7 nitrogen and oxygen atoms in total. The first-order valence-electron chi connectivity index (χ1n) is 27.1. The molecule has 332 valence electrons. The molecule has 4 heterocycles. The van der Waals surface area contributed by atoms with Gasteiger partial charge in [-0.05, 0) is 23.0 Å². The third-order valence-electron chi connectivity index (χ3n) is 12.1. The molecule has 0 saturated carbocycles. The van der Waals surface area contributed by atoms with Crippen LogP contribution in [0.4, 0.5) is 11.5 Å². The molecule has 0 radical (unpaired) electrons. The second-order valence-corrected chi connectivity index (χ2v) is 20.2. The van der Waals surface area contributed by atoms with Crippen molar-refractivity contribution in [3.63, 3.8) is 0 Å². The van der Waals surface area contributed by atoms with Gasteiger partial charge in [-0.25, -0.2) is 0 Å². The van der Waals surface area contributed by atoms with Crippen molar-refractivity contribution in [3.8, 4) is 56.4 Å². The minimum absolute atomic E-state index is 0.0993. The monoisotopic (exact) mass is 1060 g/mol.